The Kier molecular flexibility index (Phi) is 2.93. The highest BCUT2D eigenvalue weighted by atomic mass is 16.4. The first-order chi connectivity index (χ1) is 6.23. The number of carboxylic acids is 1. The molecule has 1 saturated carbocycles. The molecule has 1 unspecified atom stereocenters. The van der Waals surface area contributed by atoms with E-state index in [1.54, 1.807) is 0 Å². The second-order valence-electron chi connectivity index (χ2n) is 6.17. The van der Waals surface area contributed by atoms with Crippen LogP contribution in [0.1, 0.15) is 53.4 Å². The van der Waals surface area contributed by atoms with E-state index in [0.717, 1.165) is 6.42 Å². The van der Waals surface area contributed by atoms with Gasteiger partial charge in [-0.25, -0.2) is 0 Å². The molecule has 0 aromatic rings. The van der Waals surface area contributed by atoms with Gasteiger partial charge in [0, 0.05) is 0 Å². The average molecular weight is 198 g/mol. The van der Waals surface area contributed by atoms with Crippen molar-refractivity contribution in [2.75, 3.05) is 0 Å². The molecular weight excluding hydrogens is 176 g/mol. The molecule has 82 valence electrons. The Morgan fingerprint density at radius 3 is 2.43 bits per heavy atom. The fourth-order valence-corrected chi connectivity index (χ4v) is 2.56. The van der Waals surface area contributed by atoms with E-state index in [-0.39, 0.29) is 0 Å². The van der Waals surface area contributed by atoms with Crippen molar-refractivity contribution >= 4 is 5.97 Å². The van der Waals surface area contributed by atoms with Crippen LogP contribution in [-0.4, -0.2) is 11.1 Å². The minimum absolute atomic E-state index is 0.430. The molecule has 1 atom stereocenters. The molecule has 0 bridgehead atoms. The van der Waals surface area contributed by atoms with E-state index >= 15 is 0 Å². The minimum Gasteiger partial charge on any atom is -0.481 e. The summed E-state index contributed by atoms with van der Waals surface area (Å²) in [5.41, 5.74) is -0.121. The molecule has 2 heteroatoms. The van der Waals surface area contributed by atoms with Gasteiger partial charge in [-0.2, -0.15) is 0 Å². The second kappa shape index (κ2) is 3.56. The highest BCUT2D eigenvalue weighted by molar-refractivity contribution is 5.73. The minimum atomic E-state index is -0.665. The number of aliphatic carboxylic acids is 1. The molecule has 0 aromatic heterocycles. The van der Waals surface area contributed by atoms with Gasteiger partial charge < -0.3 is 5.11 Å². The number of rotatable bonds is 3. The van der Waals surface area contributed by atoms with Crippen molar-refractivity contribution in [2.24, 2.45) is 16.7 Å². The standard InChI is InChI=1S/C12H22O2/c1-11(2)6-5-9(7-11)8-12(3,4)10(13)14/h9H,5-8H2,1-4H3,(H,13,14). The van der Waals surface area contributed by atoms with Gasteiger partial charge in [-0.05, 0) is 50.9 Å². The van der Waals surface area contributed by atoms with E-state index in [1.165, 1.54) is 19.3 Å². The van der Waals surface area contributed by atoms with Crippen molar-refractivity contribution < 1.29 is 9.90 Å². The van der Waals surface area contributed by atoms with Crippen LogP contribution >= 0.6 is 0 Å². The van der Waals surface area contributed by atoms with Gasteiger partial charge in [0.1, 0.15) is 0 Å². The summed E-state index contributed by atoms with van der Waals surface area (Å²) in [6.07, 6.45) is 4.45. The molecule has 0 saturated heterocycles. The third-order valence-corrected chi connectivity index (χ3v) is 3.45. The quantitative estimate of drug-likeness (QED) is 0.755. The molecule has 0 heterocycles. The van der Waals surface area contributed by atoms with Crippen molar-refractivity contribution in [3.63, 3.8) is 0 Å². The van der Waals surface area contributed by atoms with Gasteiger partial charge in [-0.1, -0.05) is 13.8 Å². The summed E-state index contributed by atoms with van der Waals surface area (Å²) in [7, 11) is 0. The zero-order chi connectivity index (χ0) is 11.0. The molecule has 2 nitrogen and oxygen atoms in total. The fraction of sp³-hybridized carbons (Fsp3) is 0.917. The topological polar surface area (TPSA) is 37.3 Å². The lowest BCUT2D eigenvalue weighted by atomic mass is 9.80. The summed E-state index contributed by atoms with van der Waals surface area (Å²) < 4.78 is 0. The van der Waals surface area contributed by atoms with E-state index < -0.39 is 11.4 Å². The maximum absolute atomic E-state index is 11.0. The largest absolute Gasteiger partial charge is 0.481 e. The molecule has 1 fully saturated rings. The normalized spacial score (nSPS) is 26.4. The first-order valence-electron chi connectivity index (χ1n) is 5.46. The highest BCUT2D eigenvalue weighted by Crippen LogP contribution is 2.45. The number of carbonyl (C=O) groups is 1. The van der Waals surface area contributed by atoms with Gasteiger partial charge >= 0.3 is 5.97 Å². The maximum atomic E-state index is 11.0. The smallest absolute Gasteiger partial charge is 0.309 e. The van der Waals surface area contributed by atoms with E-state index in [9.17, 15) is 4.79 Å². The molecule has 1 rings (SSSR count). The lowest BCUT2D eigenvalue weighted by Crippen LogP contribution is -2.26. The van der Waals surface area contributed by atoms with Gasteiger partial charge in [-0.15, -0.1) is 0 Å². The summed E-state index contributed by atoms with van der Waals surface area (Å²) >= 11 is 0. The van der Waals surface area contributed by atoms with E-state index in [1.807, 2.05) is 13.8 Å². The van der Waals surface area contributed by atoms with Crippen molar-refractivity contribution in [3.05, 3.63) is 0 Å². The monoisotopic (exact) mass is 198 g/mol. The van der Waals surface area contributed by atoms with Crippen LogP contribution in [0.4, 0.5) is 0 Å². The van der Waals surface area contributed by atoms with E-state index in [0.29, 0.717) is 11.3 Å². The Labute approximate surface area is 86.7 Å². The third kappa shape index (κ3) is 2.73. The van der Waals surface area contributed by atoms with Gasteiger partial charge in [0.25, 0.3) is 0 Å². The lowest BCUT2D eigenvalue weighted by molar-refractivity contribution is -0.147. The average Bonchev–Trinajstić information content (AvgIpc) is 2.28. The second-order valence-corrected chi connectivity index (χ2v) is 6.17. The van der Waals surface area contributed by atoms with E-state index in [2.05, 4.69) is 13.8 Å². The van der Waals surface area contributed by atoms with Gasteiger partial charge in [-0.3, -0.25) is 4.79 Å². The van der Waals surface area contributed by atoms with Crippen LogP contribution in [0.25, 0.3) is 0 Å². The van der Waals surface area contributed by atoms with Crippen molar-refractivity contribution in [3.8, 4) is 0 Å². The predicted octanol–water partition coefficient (Wildman–Crippen LogP) is 3.31. The first-order valence-corrected chi connectivity index (χ1v) is 5.46. The molecule has 0 spiro atoms. The third-order valence-electron chi connectivity index (χ3n) is 3.45. The molecule has 0 aromatic carbocycles. The van der Waals surface area contributed by atoms with Crippen LogP contribution in [0.5, 0.6) is 0 Å². The zero-order valence-electron chi connectivity index (χ0n) is 9.76. The Hall–Kier alpha value is -0.530. The SMILES string of the molecule is CC1(C)CCC(CC(C)(C)C(=O)O)C1. The maximum Gasteiger partial charge on any atom is 0.309 e. The summed E-state index contributed by atoms with van der Waals surface area (Å²) in [5, 5.41) is 9.03. The molecule has 1 aliphatic carbocycles. The van der Waals surface area contributed by atoms with Crippen LogP contribution in [0.2, 0.25) is 0 Å². The first kappa shape index (κ1) is 11.5. The summed E-state index contributed by atoms with van der Waals surface area (Å²) in [6, 6.07) is 0. The molecule has 14 heavy (non-hydrogen) atoms. The number of carboxylic acid groups (broad SMARTS) is 1. The summed E-state index contributed by atoms with van der Waals surface area (Å²) in [4.78, 5) is 11.0. The van der Waals surface area contributed by atoms with Crippen molar-refractivity contribution in [1.82, 2.24) is 0 Å². The summed E-state index contributed by atoms with van der Waals surface area (Å²) in [5.74, 6) is -0.0571. The predicted molar refractivity (Wildman–Crippen MR) is 57.2 cm³/mol. The Morgan fingerprint density at radius 2 is 2.07 bits per heavy atom. The van der Waals surface area contributed by atoms with Gasteiger partial charge in [0.05, 0.1) is 5.41 Å². The van der Waals surface area contributed by atoms with Crippen LogP contribution in [0, 0.1) is 16.7 Å². The van der Waals surface area contributed by atoms with Crippen LogP contribution < -0.4 is 0 Å². The molecular formula is C12H22O2. The van der Waals surface area contributed by atoms with Crippen LogP contribution in [-0.2, 0) is 4.79 Å². The zero-order valence-corrected chi connectivity index (χ0v) is 9.76. The van der Waals surface area contributed by atoms with Crippen LogP contribution in [0.3, 0.4) is 0 Å². The van der Waals surface area contributed by atoms with E-state index in [4.69, 9.17) is 5.11 Å². The van der Waals surface area contributed by atoms with Crippen molar-refractivity contribution in [2.45, 2.75) is 53.4 Å². The Balaban J connectivity index is 2.51. The van der Waals surface area contributed by atoms with Crippen molar-refractivity contribution in [1.29, 1.82) is 0 Å². The Morgan fingerprint density at radius 1 is 1.50 bits per heavy atom. The van der Waals surface area contributed by atoms with Gasteiger partial charge in [0.15, 0.2) is 0 Å². The molecule has 0 radical (unpaired) electrons. The number of hydrogen-bond acceptors (Lipinski definition) is 1. The van der Waals surface area contributed by atoms with Crippen LogP contribution in [0.15, 0.2) is 0 Å². The molecule has 1 N–H and O–H groups in total. The molecule has 0 aliphatic heterocycles. The highest BCUT2D eigenvalue weighted by Gasteiger charge is 2.37. The number of hydrogen-bond donors (Lipinski definition) is 1. The lowest BCUT2D eigenvalue weighted by Gasteiger charge is -2.24. The molecule has 0 amide bonds. The summed E-state index contributed by atoms with van der Waals surface area (Å²) in [6.45, 7) is 8.23. The Bertz CT molecular complexity index is 228. The fourth-order valence-electron chi connectivity index (χ4n) is 2.56. The molecule has 1 aliphatic rings. The van der Waals surface area contributed by atoms with Gasteiger partial charge in [0.2, 0.25) is 0 Å².